The van der Waals surface area contributed by atoms with Crippen molar-refractivity contribution in [3.63, 3.8) is 0 Å². The predicted molar refractivity (Wildman–Crippen MR) is 109 cm³/mol. The third-order valence-corrected chi connectivity index (χ3v) is 3.53. The van der Waals surface area contributed by atoms with Crippen LogP contribution in [-0.2, 0) is 4.79 Å². The summed E-state index contributed by atoms with van der Waals surface area (Å²) < 4.78 is 0. The van der Waals surface area contributed by atoms with Gasteiger partial charge in [0.25, 0.3) is 5.91 Å². The molecule has 0 bridgehead atoms. The molecule has 0 aliphatic heterocycles. The summed E-state index contributed by atoms with van der Waals surface area (Å²) in [4.78, 5) is 25.0. The first-order chi connectivity index (χ1) is 12.1. The quantitative estimate of drug-likeness (QED) is 0.295. The van der Waals surface area contributed by atoms with Gasteiger partial charge >= 0.3 is 5.97 Å². The molecule has 0 saturated carbocycles. The molecular formula is C17H19Cl2N5O3. The Hall–Kier alpha value is -3.10. The minimum absolute atomic E-state index is 0. The van der Waals surface area contributed by atoms with E-state index in [1.54, 1.807) is 18.2 Å². The van der Waals surface area contributed by atoms with Crippen LogP contribution in [-0.4, -0.2) is 28.5 Å². The number of nitrogens with zero attached hydrogens (tertiary/aromatic N) is 1. The average molecular weight is 412 g/mol. The molecule has 0 spiro atoms. The molecule has 0 fully saturated rings. The number of carboxylic acids is 1. The highest BCUT2D eigenvalue weighted by atomic mass is 35.5. The lowest BCUT2D eigenvalue weighted by Crippen LogP contribution is -2.34. The van der Waals surface area contributed by atoms with Gasteiger partial charge in [-0.1, -0.05) is 36.7 Å². The van der Waals surface area contributed by atoms with Crippen molar-refractivity contribution in [2.24, 2.45) is 16.5 Å². The number of para-hydroxylation sites is 1. The van der Waals surface area contributed by atoms with Gasteiger partial charge in [-0.15, -0.1) is 0 Å². The third kappa shape index (κ3) is 7.35. The molecule has 0 aliphatic carbocycles. The number of amidine groups is 1. The highest BCUT2D eigenvalue weighted by Crippen LogP contribution is 2.25. The van der Waals surface area contributed by atoms with E-state index < -0.39 is 17.6 Å². The van der Waals surface area contributed by atoms with Gasteiger partial charge in [0.05, 0.1) is 27.0 Å². The number of carbonyl (C=O) groups is 2. The van der Waals surface area contributed by atoms with E-state index in [-0.39, 0.29) is 18.8 Å². The number of benzene rings is 2. The number of hydrogen-bond acceptors (Lipinski definition) is 5. The molecule has 27 heavy (non-hydrogen) atoms. The number of primary amides is 1. The van der Waals surface area contributed by atoms with Crippen molar-refractivity contribution in [3.8, 4) is 0 Å². The summed E-state index contributed by atoms with van der Waals surface area (Å²) in [6.45, 7) is 0. The van der Waals surface area contributed by atoms with Crippen molar-refractivity contribution in [3.05, 3.63) is 58.1 Å². The molecule has 144 valence electrons. The molecule has 2 aromatic carbocycles. The number of rotatable bonds is 4. The van der Waals surface area contributed by atoms with Crippen molar-refractivity contribution >= 4 is 58.0 Å². The number of carboxylic acid groups (broad SMARTS) is 1. The fourth-order valence-corrected chi connectivity index (χ4v) is 1.91. The zero-order chi connectivity index (χ0) is 19.9. The predicted octanol–water partition coefficient (Wildman–Crippen LogP) is 3.09. The molecule has 8 nitrogen and oxygen atoms in total. The zero-order valence-corrected chi connectivity index (χ0v) is 14.8. The number of nitrogen functional groups attached to an aromatic ring is 1. The minimum Gasteiger partial charge on any atom is -0.478 e. The summed E-state index contributed by atoms with van der Waals surface area (Å²) in [7, 11) is 0. The van der Waals surface area contributed by atoms with Crippen molar-refractivity contribution in [2.45, 2.75) is 7.43 Å². The second kappa shape index (κ2) is 10.8. The Morgan fingerprint density at radius 2 is 1.48 bits per heavy atom. The highest BCUT2D eigenvalue weighted by molar-refractivity contribution is 6.65. The largest absolute Gasteiger partial charge is 0.478 e. The first-order valence-corrected chi connectivity index (χ1v) is 7.64. The number of hydrogen-bond donors (Lipinski definition) is 5. The van der Waals surface area contributed by atoms with Gasteiger partial charge in [0.2, 0.25) is 0 Å². The number of nitrogens with two attached hydrogens (primary N) is 3. The van der Waals surface area contributed by atoms with E-state index in [0.29, 0.717) is 21.4 Å². The number of amides is 1. The Bertz CT molecular complexity index is 847. The Morgan fingerprint density at radius 1 is 1.00 bits per heavy atom. The zero-order valence-electron chi connectivity index (χ0n) is 13.2. The molecule has 1 amide bonds. The summed E-state index contributed by atoms with van der Waals surface area (Å²) in [5.41, 5.74) is 15.9. The average Bonchev–Trinajstić information content (AvgIpc) is 2.59. The van der Waals surface area contributed by atoms with Crippen LogP contribution in [0.15, 0.2) is 47.5 Å². The first-order valence-electron chi connectivity index (χ1n) is 6.89. The number of aromatic carboxylic acids is 1. The summed E-state index contributed by atoms with van der Waals surface area (Å²) in [5.74, 6) is -2.35. The lowest BCUT2D eigenvalue weighted by atomic mass is 10.2. The van der Waals surface area contributed by atoms with Gasteiger partial charge in [-0.2, -0.15) is 0 Å². The molecule has 0 unspecified atom stereocenters. The van der Waals surface area contributed by atoms with Crippen LogP contribution in [0.4, 0.5) is 11.4 Å². The smallest absolute Gasteiger partial charge is 0.335 e. The van der Waals surface area contributed by atoms with Crippen molar-refractivity contribution in [2.75, 3.05) is 5.73 Å². The first kappa shape index (κ1) is 23.9. The van der Waals surface area contributed by atoms with E-state index in [1.807, 2.05) is 0 Å². The number of carbonyl (C=O) groups excluding carboxylic acids is 1. The van der Waals surface area contributed by atoms with E-state index in [1.165, 1.54) is 24.3 Å². The molecule has 2 aromatic rings. The van der Waals surface area contributed by atoms with E-state index in [0.717, 1.165) is 0 Å². The van der Waals surface area contributed by atoms with Gasteiger partial charge in [-0.3, -0.25) is 10.2 Å². The van der Waals surface area contributed by atoms with Gasteiger partial charge in [0.1, 0.15) is 0 Å². The monoisotopic (exact) mass is 411 g/mol. The molecule has 10 heteroatoms. The Kier molecular flexibility index (Phi) is 9.55. The number of anilines is 1. The summed E-state index contributed by atoms with van der Waals surface area (Å²) in [6.07, 6.45) is 0. The maximum atomic E-state index is 10.6. The van der Waals surface area contributed by atoms with Gasteiger partial charge in [0, 0.05) is 0 Å². The summed E-state index contributed by atoms with van der Waals surface area (Å²) in [6, 6.07) is 10.6. The molecule has 2 rings (SSSR count). The lowest BCUT2D eigenvalue weighted by molar-refractivity contribution is -0.111. The van der Waals surface area contributed by atoms with Crippen molar-refractivity contribution in [1.82, 2.24) is 0 Å². The van der Waals surface area contributed by atoms with Crippen LogP contribution in [0.25, 0.3) is 0 Å². The number of halogens is 2. The second-order valence-corrected chi connectivity index (χ2v) is 5.54. The van der Waals surface area contributed by atoms with Crippen LogP contribution in [0.5, 0.6) is 0 Å². The van der Waals surface area contributed by atoms with Crippen molar-refractivity contribution in [1.29, 1.82) is 5.41 Å². The van der Waals surface area contributed by atoms with E-state index in [9.17, 15) is 9.59 Å². The third-order valence-electron chi connectivity index (χ3n) is 2.87. The van der Waals surface area contributed by atoms with E-state index >= 15 is 0 Å². The SMILES string of the molecule is C.N=C(C(N)=O)C(N)=Nc1ccc(C(=O)O)cc1.Nc1c(Cl)cccc1Cl. The molecule has 0 aromatic heterocycles. The molecule has 0 aliphatic rings. The van der Waals surface area contributed by atoms with Crippen LogP contribution in [0.2, 0.25) is 10.0 Å². The van der Waals surface area contributed by atoms with Gasteiger partial charge in [-0.25, -0.2) is 9.79 Å². The fourth-order valence-electron chi connectivity index (χ4n) is 1.51. The Morgan fingerprint density at radius 3 is 1.85 bits per heavy atom. The van der Waals surface area contributed by atoms with E-state index in [4.69, 9.17) is 50.9 Å². The molecule has 0 atom stereocenters. The topological polar surface area (TPSA) is 169 Å². The van der Waals surface area contributed by atoms with Crippen LogP contribution in [0.3, 0.4) is 0 Å². The van der Waals surface area contributed by atoms with Gasteiger partial charge < -0.3 is 22.3 Å². The maximum absolute atomic E-state index is 10.6. The molecule has 0 radical (unpaired) electrons. The van der Waals surface area contributed by atoms with Gasteiger partial charge in [0.15, 0.2) is 11.5 Å². The molecular weight excluding hydrogens is 393 g/mol. The minimum atomic E-state index is -1.06. The number of nitrogens with one attached hydrogen (secondary N) is 1. The molecule has 0 saturated heterocycles. The van der Waals surface area contributed by atoms with Crippen LogP contribution in [0.1, 0.15) is 17.8 Å². The standard InChI is InChI=1S/C10H10N4O3.C6H5Cl2N.CH4/c11-7(9(13)15)8(12)14-6-3-1-5(2-4-6)10(16)17;7-4-2-1-3-5(8)6(4)9;/h1-4,11H,(H2,12,14)(H2,13,15)(H,16,17);1-3H,9H2;1H4. The summed E-state index contributed by atoms with van der Waals surface area (Å²) in [5, 5.41) is 16.9. The Labute approximate surface area is 166 Å². The van der Waals surface area contributed by atoms with Crippen molar-refractivity contribution < 1.29 is 14.7 Å². The normalized spacial score (nSPS) is 10.1. The highest BCUT2D eigenvalue weighted by Gasteiger charge is 2.09. The second-order valence-electron chi connectivity index (χ2n) is 4.72. The molecule has 0 heterocycles. The maximum Gasteiger partial charge on any atom is 0.335 e. The van der Waals surface area contributed by atoms with Crippen LogP contribution < -0.4 is 17.2 Å². The van der Waals surface area contributed by atoms with E-state index in [2.05, 4.69) is 4.99 Å². The van der Waals surface area contributed by atoms with Crippen LogP contribution in [0, 0.1) is 5.41 Å². The molecule has 8 N–H and O–H groups in total. The summed E-state index contributed by atoms with van der Waals surface area (Å²) >= 11 is 11.2. The Balaban J connectivity index is 0.000000572. The lowest BCUT2D eigenvalue weighted by Gasteiger charge is -2.00. The number of aliphatic imine (C=N–C) groups is 1. The van der Waals surface area contributed by atoms with Crippen LogP contribution >= 0.6 is 23.2 Å². The van der Waals surface area contributed by atoms with Gasteiger partial charge in [-0.05, 0) is 36.4 Å². The fraction of sp³-hybridized carbons (Fsp3) is 0.0588.